The van der Waals surface area contributed by atoms with Crippen molar-refractivity contribution in [3.05, 3.63) is 11.7 Å². The largest absolute Gasteiger partial charge is 0.357 e. The number of rotatable bonds is 5. The summed E-state index contributed by atoms with van der Waals surface area (Å²) < 4.78 is 4.89. The quantitative estimate of drug-likeness (QED) is 0.597. The molecule has 1 unspecified atom stereocenters. The van der Waals surface area contributed by atoms with E-state index in [1.807, 2.05) is 6.92 Å². The predicted molar refractivity (Wildman–Crippen MR) is 66.7 cm³/mol. The van der Waals surface area contributed by atoms with Crippen molar-refractivity contribution in [2.45, 2.75) is 46.7 Å². The molecule has 0 aliphatic heterocycles. The Labute approximate surface area is 102 Å². The monoisotopic (exact) mass is 239 g/mol. The molecule has 0 saturated carbocycles. The van der Waals surface area contributed by atoms with Gasteiger partial charge in [-0.1, -0.05) is 12.1 Å². The van der Waals surface area contributed by atoms with Crippen LogP contribution in [0.15, 0.2) is 9.52 Å². The van der Waals surface area contributed by atoms with E-state index in [2.05, 4.69) is 39.6 Å². The van der Waals surface area contributed by atoms with Gasteiger partial charge in [0.1, 0.15) is 6.54 Å². The zero-order chi connectivity index (χ0) is 12.7. The summed E-state index contributed by atoms with van der Waals surface area (Å²) in [5.41, 5.74) is 0. The Kier molecular flexibility index (Phi) is 5.45. The van der Waals surface area contributed by atoms with Crippen LogP contribution in [0.25, 0.3) is 0 Å². The van der Waals surface area contributed by atoms with Crippen LogP contribution in [0, 0.1) is 6.92 Å². The number of aliphatic imine (C=N–C) groups is 1. The number of guanidine groups is 1. The van der Waals surface area contributed by atoms with Gasteiger partial charge >= 0.3 is 0 Å². The summed E-state index contributed by atoms with van der Waals surface area (Å²) in [5.74, 6) is 1.95. The highest BCUT2D eigenvalue weighted by Crippen LogP contribution is 1.97. The number of hydrogen-bond acceptors (Lipinski definition) is 4. The van der Waals surface area contributed by atoms with E-state index < -0.39 is 0 Å². The topological polar surface area (TPSA) is 75.3 Å². The Bertz CT molecular complexity index is 360. The molecule has 0 fully saturated rings. The van der Waals surface area contributed by atoms with Crippen molar-refractivity contribution in [2.24, 2.45) is 4.99 Å². The van der Waals surface area contributed by atoms with Gasteiger partial charge in [0.25, 0.3) is 0 Å². The van der Waals surface area contributed by atoms with Gasteiger partial charge in [-0.15, -0.1) is 0 Å². The van der Waals surface area contributed by atoms with Gasteiger partial charge in [0.05, 0.1) is 0 Å². The van der Waals surface area contributed by atoms with Crippen molar-refractivity contribution in [2.75, 3.05) is 6.54 Å². The molecule has 2 N–H and O–H groups in total. The number of aromatic nitrogens is 2. The molecule has 0 spiro atoms. The highest BCUT2D eigenvalue weighted by molar-refractivity contribution is 5.79. The Morgan fingerprint density at radius 2 is 2.24 bits per heavy atom. The molecule has 1 atom stereocenters. The van der Waals surface area contributed by atoms with Gasteiger partial charge < -0.3 is 15.2 Å². The summed E-state index contributed by atoms with van der Waals surface area (Å²) in [6, 6.07) is 0.389. The van der Waals surface area contributed by atoms with Crippen LogP contribution in [0.5, 0.6) is 0 Å². The summed E-state index contributed by atoms with van der Waals surface area (Å²) >= 11 is 0. The van der Waals surface area contributed by atoms with Crippen molar-refractivity contribution in [1.82, 2.24) is 20.8 Å². The summed E-state index contributed by atoms with van der Waals surface area (Å²) in [5, 5.41) is 10.3. The van der Waals surface area contributed by atoms with Crippen LogP contribution in [0.3, 0.4) is 0 Å². The van der Waals surface area contributed by atoms with Crippen LogP contribution in [0.2, 0.25) is 0 Å². The SMILES string of the molecule is CCNC(=NCc1noc(C)n1)NC(C)CC. The lowest BCUT2D eigenvalue weighted by Crippen LogP contribution is -2.41. The summed E-state index contributed by atoms with van der Waals surface area (Å²) in [4.78, 5) is 8.50. The van der Waals surface area contributed by atoms with Crippen LogP contribution >= 0.6 is 0 Å². The van der Waals surface area contributed by atoms with Gasteiger partial charge in [-0.05, 0) is 20.3 Å². The van der Waals surface area contributed by atoms with E-state index in [0.717, 1.165) is 18.9 Å². The van der Waals surface area contributed by atoms with Crippen molar-refractivity contribution in [3.63, 3.8) is 0 Å². The molecule has 0 aliphatic rings. The fourth-order valence-electron chi connectivity index (χ4n) is 1.21. The smallest absolute Gasteiger partial charge is 0.223 e. The average molecular weight is 239 g/mol. The second kappa shape index (κ2) is 6.88. The predicted octanol–water partition coefficient (Wildman–Crippen LogP) is 1.23. The maximum Gasteiger partial charge on any atom is 0.223 e. The molecule has 1 heterocycles. The lowest BCUT2D eigenvalue weighted by Gasteiger charge is -2.15. The average Bonchev–Trinajstić information content (AvgIpc) is 2.72. The second-order valence-corrected chi connectivity index (χ2v) is 3.88. The molecule has 96 valence electrons. The molecular weight excluding hydrogens is 218 g/mol. The highest BCUT2D eigenvalue weighted by Gasteiger charge is 2.04. The van der Waals surface area contributed by atoms with E-state index in [9.17, 15) is 0 Å². The maximum absolute atomic E-state index is 4.89. The fraction of sp³-hybridized carbons (Fsp3) is 0.727. The third-order valence-electron chi connectivity index (χ3n) is 2.29. The highest BCUT2D eigenvalue weighted by atomic mass is 16.5. The van der Waals surface area contributed by atoms with Gasteiger partial charge in [-0.25, -0.2) is 4.99 Å². The molecule has 6 heteroatoms. The van der Waals surface area contributed by atoms with E-state index in [-0.39, 0.29) is 0 Å². The van der Waals surface area contributed by atoms with E-state index in [1.54, 1.807) is 6.92 Å². The Balaban J connectivity index is 2.56. The molecular formula is C11H21N5O. The molecule has 0 saturated heterocycles. The van der Waals surface area contributed by atoms with Gasteiger partial charge in [-0.3, -0.25) is 0 Å². The molecule has 0 aromatic carbocycles. The van der Waals surface area contributed by atoms with Crippen LogP contribution in [-0.2, 0) is 6.54 Å². The lowest BCUT2D eigenvalue weighted by molar-refractivity contribution is 0.387. The minimum Gasteiger partial charge on any atom is -0.357 e. The first-order chi connectivity index (χ1) is 8.15. The van der Waals surface area contributed by atoms with Crippen molar-refractivity contribution >= 4 is 5.96 Å². The Morgan fingerprint density at radius 3 is 2.76 bits per heavy atom. The third-order valence-corrected chi connectivity index (χ3v) is 2.29. The summed E-state index contributed by atoms with van der Waals surface area (Å²) in [6.45, 7) is 9.29. The molecule has 0 radical (unpaired) electrons. The first kappa shape index (κ1) is 13.5. The van der Waals surface area contributed by atoms with Gasteiger partial charge in [-0.2, -0.15) is 4.98 Å². The maximum atomic E-state index is 4.89. The number of nitrogens with zero attached hydrogens (tertiary/aromatic N) is 3. The second-order valence-electron chi connectivity index (χ2n) is 3.88. The van der Waals surface area contributed by atoms with Gasteiger partial charge in [0.2, 0.25) is 5.89 Å². The molecule has 1 rings (SSSR count). The molecule has 1 aromatic rings. The van der Waals surface area contributed by atoms with Crippen molar-refractivity contribution in [1.29, 1.82) is 0 Å². The summed E-state index contributed by atoms with van der Waals surface area (Å²) in [6.07, 6.45) is 1.05. The van der Waals surface area contributed by atoms with E-state index in [1.165, 1.54) is 0 Å². The normalized spacial score (nSPS) is 13.5. The van der Waals surface area contributed by atoms with E-state index >= 15 is 0 Å². The third kappa shape index (κ3) is 4.84. The number of aryl methyl sites for hydroxylation is 1. The molecule has 6 nitrogen and oxygen atoms in total. The first-order valence-electron chi connectivity index (χ1n) is 5.99. The Hall–Kier alpha value is -1.59. The van der Waals surface area contributed by atoms with E-state index in [4.69, 9.17) is 4.52 Å². The van der Waals surface area contributed by atoms with Crippen LogP contribution in [0.4, 0.5) is 0 Å². The van der Waals surface area contributed by atoms with Crippen molar-refractivity contribution in [3.8, 4) is 0 Å². The van der Waals surface area contributed by atoms with Gasteiger partial charge in [0, 0.05) is 19.5 Å². The van der Waals surface area contributed by atoms with Crippen LogP contribution < -0.4 is 10.6 Å². The molecule has 1 aromatic heterocycles. The summed E-state index contributed by atoms with van der Waals surface area (Å²) in [7, 11) is 0. The minimum atomic E-state index is 0.389. The zero-order valence-corrected chi connectivity index (χ0v) is 10.9. The lowest BCUT2D eigenvalue weighted by atomic mass is 10.3. The standard InChI is InChI=1S/C11H21N5O/c1-5-8(3)14-11(12-6-2)13-7-10-15-9(4)17-16-10/h8H,5-7H2,1-4H3,(H2,12,13,14). The van der Waals surface area contributed by atoms with Crippen molar-refractivity contribution < 1.29 is 4.52 Å². The zero-order valence-electron chi connectivity index (χ0n) is 10.9. The minimum absolute atomic E-state index is 0.389. The first-order valence-corrected chi connectivity index (χ1v) is 5.99. The van der Waals surface area contributed by atoms with Crippen LogP contribution in [-0.4, -0.2) is 28.7 Å². The number of nitrogens with one attached hydrogen (secondary N) is 2. The fourth-order valence-corrected chi connectivity index (χ4v) is 1.21. The Morgan fingerprint density at radius 1 is 1.47 bits per heavy atom. The van der Waals surface area contributed by atoms with E-state index in [0.29, 0.717) is 24.3 Å². The molecule has 0 aliphatic carbocycles. The molecule has 0 bridgehead atoms. The van der Waals surface area contributed by atoms with Crippen LogP contribution in [0.1, 0.15) is 38.9 Å². The number of hydrogen-bond donors (Lipinski definition) is 2. The molecule has 17 heavy (non-hydrogen) atoms. The molecule has 0 amide bonds. The van der Waals surface area contributed by atoms with Gasteiger partial charge in [0.15, 0.2) is 11.8 Å².